The highest BCUT2D eigenvalue weighted by Gasteiger charge is 2.23. The summed E-state index contributed by atoms with van der Waals surface area (Å²) in [6.45, 7) is 0.570. The van der Waals surface area contributed by atoms with E-state index in [-0.39, 0.29) is 36.8 Å². The van der Waals surface area contributed by atoms with Gasteiger partial charge in [0.05, 0.1) is 11.0 Å². The molecule has 4 rings (SSSR count). The SMILES string of the molecule is CNC(=O)CCc1nc2ccccc2n(CC(=O)N2CCCc3ccccc32)c1=O. The minimum Gasteiger partial charge on any atom is -0.359 e. The van der Waals surface area contributed by atoms with Crippen molar-refractivity contribution in [3.8, 4) is 0 Å². The molecule has 0 atom stereocenters. The van der Waals surface area contributed by atoms with Crippen LogP contribution in [0.15, 0.2) is 53.3 Å². The summed E-state index contributed by atoms with van der Waals surface area (Å²) in [4.78, 5) is 44.2. The molecule has 3 aromatic rings. The van der Waals surface area contributed by atoms with Gasteiger partial charge in [-0.25, -0.2) is 4.98 Å². The molecule has 0 fully saturated rings. The third-order valence-corrected chi connectivity index (χ3v) is 5.49. The maximum absolute atomic E-state index is 13.2. The predicted molar refractivity (Wildman–Crippen MR) is 116 cm³/mol. The normalized spacial score (nSPS) is 13.2. The van der Waals surface area contributed by atoms with Gasteiger partial charge in [0.2, 0.25) is 11.8 Å². The summed E-state index contributed by atoms with van der Waals surface area (Å²) in [6.07, 6.45) is 2.24. The molecular formula is C23H24N4O3. The second kappa shape index (κ2) is 8.49. The number of aryl methyl sites for hydroxylation is 2. The molecule has 2 heterocycles. The van der Waals surface area contributed by atoms with Crippen molar-refractivity contribution in [3.63, 3.8) is 0 Å². The van der Waals surface area contributed by atoms with Gasteiger partial charge < -0.3 is 10.2 Å². The molecule has 2 amide bonds. The Labute approximate surface area is 174 Å². The summed E-state index contributed by atoms with van der Waals surface area (Å²) >= 11 is 0. The van der Waals surface area contributed by atoms with Crippen LogP contribution >= 0.6 is 0 Å². The Kier molecular flexibility index (Phi) is 5.61. The Morgan fingerprint density at radius 2 is 1.87 bits per heavy atom. The lowest BCUT2D eigenvalue weighted by Crippen LogP contribution is -2.40. The smallest absolute Gasteiger partial charge is 0.273 e. The summed E-state index contributed by atoms with van der Waals surface area (Å²) in [6, 6.07) is 15.2. The van der Waals surface area contributed by atoms with E-state index in [1.54, 1.807) is 18.0 Å². The number of carbonyl (C=O) groups excluding carboxylic acids is 2. The number of aromatic nitrogens is 2. The molecular weight excluding hydrogens is 380 g/mol. The lowest BCUT2D eigenvalue weighted by atomic mass is 10.0. The molecule has 1 aliphatic rings. The van der Waals surface area contributed by atoms with Crippen molar-refractivity contribution in [2.45, 2.75) is 32.2 Å². The summed E-state index contributed by atoms with van der Waals surface area (Å²) in [5, 5.41) is 2.55. The van der Waals surface area contributed by atoms with E-state index in [0.717, 1.165) is 24.1 Å². The summed E-state index contributed by atoms with van der Waals surface area (Å²) in [7, 11) is 1.56. The molecule has 2 aromatic carbocycles. The molecule has 1 N–H and O–H groups in total. The van der Waals surface area contributed by atoms with Crippen molar-refractivity contribution in [2.24, 2.45) is 0 Å². The van der Waals surface area contributed by atoms with Crippen molar-refractivity contribution in [1.82, 2.24) is 14.9 Å². The predicted octanol–water partition coefficient (Wildman–Crippen LogP) is 2.05. The molecule has 154 valence electrons. The number of nitrogens with zero attached hydrogens (tertiary/aromatic N) is 3. The zero-order valence-corrected chi connectivity index (χ0v) is 16.9. The fraction of sp³-hybridized carbons (Fsp3) is 0.304. The Hall–Kier alpha value is -3.48. The lowest BCUT2D eigenvalue weighted by molar-refractivity contribution is -0.121. The fourth-order valence-electron chi connectivity index (χ4n) is 3.94. The van der Waals surface area contributed by atoms with Gasteiger partial charge in [0.25, 0.3) is 5.56 Å². The standard InChI is InChI=1S/C23H24N4O3/c1-24-21(28)13-12-18-23(30)27(20-11-5-3-9-17(20)25-18)15-22(29)26-14-6-8-16-7-2-4-10-19(16)26/h2-5,7,9-11H,6,8,12-15H2,1H3,(H,24,28). The highest BCUT2D eigenvalue weighted by atomic mass is 16.2. The molecule has 0 saturated carbocycles. The molecule has 7 nitrogen and oxygen atoms in total. The summed E-state index contributed by atoms with van der Waals surface area (Å²) < 4.78 is 1.49. The molecule has 7 heteroatoms. The first-order valence-corrected chi connectivity index (χ1v) is 10.2. The van der Waals surface area contributed by atoms with Crippen LogP contribution in [0, 0.1) is 0 Å². The molecule has 0 unspecified atom stereocenters. The van der Waals surface area contributed by atoms with Gasteiger partial charge in [-0.1, -0.05) is 30.3 Å². The highest BCUT2D eigenvalue weighted by molar-refractivity contribution is 5.95. The molecule has 0 radical (unpaired) electrons. The molecule has 0 spiro atoms. The van der Waals surface area contributed by atoms with Crippen molar-refractivity contribution in [2.75, 3.05) is 18.5 Å². The number of para-hydroxylation sites is 3. The van der Waals surface area contributed by atoms with Gasteiger partial charge in [-0.3, -0.25) is 19.0 Å². The average Bonchev–Trinajstić information content (AvgIpc) is 2.79. The van der Waals surface area contributed by atoms with Crippen molar-refractivity contribution in [1.29, 1.82) is 0 Å². The van der Waals surface area contributed by atoms with Gasteiger partial charge in [0.15, 0.2) is 0 Å². The average molecular weight is 404 g/mol. The number of nitrogens with one attached hydrogen (secondary N) is 1. The molecule has 0 aliphatic carbocycles. The number of benzene rings is 2. The number of fused-ring (bicyclic) bond motifs is 2. The van der Waals surface area contributed by atoms with E-state index in [1.165, 1.54) is 4.57 Å². The molecule has 30 heavy (non-hydrogen) atoms. The van der Waals surface area contributed by atoms with E-state index in [0.29, 0.717) is 23.3 Å². The van der Waals surface area contributed by atoms with Crippen LogP contribution in [0.4, 0.5) is 5.69 Å². The van der Waals surface area contributed by atoms with Gasteiger partial charge in [-0.05, 0) is 36.6 Å². The Morgan fingerprint density at radius 1 is 1.10 bits per heavy atom. The van der Waals surface area contributed by atoms with Crippen molar-refractivity contribution < 1.29 is 9.59 Å². The monoisotopic (exact) mass is 404 g/mol. The number of rotatable bonds is 5. The number of hydrogen-bond acceptors (Lipinski definition) is 4. The van der Waals surface area contributed by atoms with Crippen LogP contribution in [-0.4, -0.2) is 35.0 Å². The van der Waals surface area contributed by atoms with Gasteiger partial charge in [-0.15, -0.1) is 0 Å². The van der Waals surface area contributed by atoms with Crippen LogP contribution in [0.25, 0.3) is 11.0 Å². The van der Waals surface area contributed by atoms with Crippen LogP contribution in [0.2, 0.25) is 0 Å². The van der Waals surface area contributed by atoms with E-state index in [4.69, 9.17) is 0 Å². The van der Waals surface area contributed by atoms with E-state index >= 15 is 0 Å². The maximum Gasteiger partial charge on any atom is 0.273 e. The first-order valence-electron chi connectivity index (χ1n) is 10.2. The molecule has 0 bridgehead atoms. The quantitative estimate of drug-likeness (QED) is 0.705. The Bertz CT molecular complexity index is 1170. The van der Waals surface area contributed by atoms with Gasteiger partial charge in [0.1, 0.15) is 12.2 Å². The molecule has 0 saturated heterocycles. The second-order valence-electron chi connectivity index (χ2n) is 7.39. The van der Waals surface area contributed by atoms with E-state index in [2.05, 4.69) is 10.3 Å². The minimum atomic E-state index is -0.323. The number of anilines is 1. The van der Waals surface area contributed by atoms with E-state index in [9.17, 15) is 14.4 Å². The second-order valence-corrected chi connectivity index (χ2v) is 7.39. The third-order valence-electron chi connectivity index (χ3n) is 5.49. The van der Waals surface area contributed by atoms with E-state index in [1.807, 2.05) is 42.5 Å². The van der Waals surface area contributed by atoms with Crippen molar-refractivity contribution >= 4 is 28.5 Å². The number of hydrogen-bond donors (Lipinski definition) is 1. The first kappa shape index (κ1) is 19.8. The van der Waals surface area contributed by atoms with Crippen molar-refractivity contribution in [3.05, 3.63) is 70.1 Å². The van der Waals surface area contributed by atoms with Crippen LogP contribution in [-0.2, 0) is 29.0 Å². The number of amides is 2. The van der Waals surface area contributed by atoms with Crippen LogP contribution < -0.4 is 15.8 Å². The maximum atomic E-state index is 13.2. The minimum absolute atomic E-state index is 0.0663. The van der Waals surface area contributed by atoms with Gasteiger partial charge in [-0.2, -0.15) is 0 Å². The third kappa shape index (κ3) is 3.83. The zero-order valence-electron chi connectivity index (χ0n) is 16.9. The van der Waals surface area contributed by atoms with Gasteiger partial charge in [0, 0.05) is 32.1 Å². The Morgan fingerprint density at radius 3 is 2.70 bits per heavy atom. The highest BCUT2D eigenvalue weighted by Crippen LogP contribution is 2.27. The first-order chi connectivity index (χ1) is 14.6. The Balaban J connectivity index is 1.70. The zero-order chi connectivity index (χ0) is 21.1. The van der Waals surface area contributed by atoms with Crippen LogP contribution in [0.3, 0.4) is 0 Å². The lowest BCUT2D eigenvalue weighted by Gasteiger charge is -2.29. The molecule has 1 aliphatic heterocycles. The molecule has 1 aromatic heterocycles. The van der Waals surface area contributed by atoms with E-state index < -0.39 is 0 Å². The fourth-order valence-corrected chi connectivity index (χ4v) is 3.94. The summed E-state index contributed by atoms with van der Waals surface area (Å²) in [5.74, 6) is -0.283. The summed E-state index contributed by atoms with van der Waals surface area (Å²) in [5.41, 5.74) is 3.29. The number of carbonyl (C=O) groups is 2. The van der Waals surface area contributed by atoms with Gasteiger partial charge >= 0.3 is 0 Å². The largest absolute Gasteiger partial charge is 0.359 e. The topological polar surface area (TPSA) is 84.3 Å². The van der Waals surface area contributed by atoms with Crippen LogP contribution in [0.1, 0.15) is 24.1 Å². The van der Waals surface area contributed by atoms with Crippen LogP contribution in [0.5, 0.6) is 0 Å².